The lowest BCUT2D eigenvalue weighted by atomic mass is 10.1. The SMILES string of the molecule is Cc1cc(-c2ccc(N3CCOCC3)nc2)cnc1-n1cnn(C/C(=C/F)CN)c1=O.Cl. The Morgan fingerprint density at radius 2 is 1.97 bits per heavy atom. The predicted octanol–water partition coefficient (Wildman–Crippen LogP) is 1.87. The molecule has 0 aliphatic carbocycles. The van der Waals surface area contributed by atoms with E-state index in [1.54, 1.807) is 6.20 Å². The summed E-state index contributed by atoms with van der Waals surface area (Å²) in [4.78, 5) is 23.9. The third-order valence-electron chi connectivity index (χ3n) is 5.20. The molecule has 2 N–H and O–H groups in total. The van der Waals surface area contributed by atoms with Gasteiger partial charge in [0.15, 0.2) is 0 Å². The van der Waals surface area contributed by atoms with Gasteiger partial charge in [-0.15, -0.1) is 12.4 Å². The van der Waals surface area contributed by atoms with E-state index in [2.05, 4.69) is 20.0 Å². The number of hydrogen-bond donors (Lipinski definition) is 1. The van der Waals surface area contributed by atoms with E-state index in [9.17, 15) is 9.18 Å². The van der Waals surface area contributed by atoms with Crippen molar-refractivity contribution < 1.29 is 9.13 Å². The molecule has 1 fully saturated rings. The second-order valence-corrected chi connectivity index (χ2v) is 7.28. The van der Waals surface area contributed by atoms with Gasteiger partial charge in [0.1, 0.15) is 18.0 Å². The first-order chi connectivity index (χ1) is 15.1. The first-order valence-electron chi connectivity index (χ1n) is 9.99. The van der Waals surface area contributed by atoms with Crippen molar-refractivity contribution in [2.45, 2.75) is 13.5 Å². The van der Waals surface area contributed by atoms with E-state index in [1.165, 1.54) is 10.9 Å². The number of aromatic nitrogens is 5. The average molecular weight is 462 g/mol. The quantitative estimate of drug-likeness (QED) is 0.597. The van der Waals surface area contributed by atoms with E-state index in [0.717, 1.165) is 40.3 Å². The summed E-state index contributed by atoms with van der Waals surface area (Å²) in [7, 11) is 0. The maximum Gasteiger partial charge on any atom is 0.351 e. The van der Waals surface area contributed by atoms with Crippen molar-refractivity contribution in [1.82, 2.24) is 24.3 Å². The summed E-state index contributed by atoms with van der Waals surface area (Å²) in [5, 5.41) is 4.04. The summed E-state index contributed by atoms with van der Waals surface area (Å²) in [6, 6.07) is 5.95. The molecule has 0 unspecified atom stereocenters. The Hall–Kier alpha value is -3.08. The van der Waals surface area contributed by atoms with Crippen molar-refractivity contribution in [2.75, 3.05) is 37.7 Å². The number of hydrogen-bond acceptors (Lipinski definition) is 7. The largest absolute Gasteiger partial charge is 0.378 e. The Morgan fingerprint density at radius 3 is 2.59 bits per heavy atom. The summed E-state index contributed by atoms with van der Waals surface area (Å²) in [6.07, 6.45) is 5.30. The molecule has 4 rings (SSSR count). The van der Waals surface area contributed by atoms with Crippen LogP contribution in [0.1, 0.15) is 5.56 Å². The number of nitrogens with zero attached hydrogens (tertiary/aromatic N) is 6. The lowest BCUT2D eigenvalue weighted by molar-refractivity contribution is 0.122. The van der Waals surface area contributed by atoms with Crippen LogP contribution in [0.25, 0.3) is 16.9 Å². The summed E-state index contributed by atoms with van der Waals surface area (Å²) >= 11 is 0. The molecule has 0 atom stereocenters. The second kappa shape index (κ2) is 10.5. The minimum Gasteiger partial charge on any atom is -0.378 e. The maximum absolute atomic E-state index is 12.8. The van der Waals surface area contributed by atoms with Gasteiger partial charge in [-0.1, -0.05) is 0 Å². The molecule has 1 saturated heterocycles. The molecule has 1 aliphatic heterocycles. The molecule has 0 bridgehead atoms. The molecular formula is C21H25ClFN7O2. The van der Waals surface area contributed by atoms with Gasteiger partial charge in [-0.05, 0) is 36.3 Å². The minimum absolute atomic E-state index is 0. The highest BCUT2D eigenvalue weighted by Gasteiger charge is 2.14. The standard InChI is InChI=1S/C21H24FN7O2.ClH/c1-15-8-18(17-2-3-19(24-11-17)27-4-6-31-7-5-27)12-25-20(15)28-14-26-29(21(28)30)13-16(9-22)10-23;/h2-3,8-9,11-12,14H,4-7,10,13,23H2,1H3;1H/b16-9+;. The van der Waals surface area contributed by atoms with Crippen LogP contribution in [0.5, 0.6) is 0 Å². The van der Waals surface area contributed by atoms with E-state index in [1.807, 2.05) is 31.3 Å². The second-order valence-electron chi connectivity index (χ2n) is 7.28. The monoisotopic (exact) mass is 461 g/mol. The number of halogens is 2. The predicted molar refractivity (Wildman–Crippen MR) is 122 cm³/mol. The van der Waals surface area contributed by atoms with Crippen molar-refractivity contribution in [3.05, 3.63) is 64.9 Å². The number of nitrogens with two attached hydrogens (primary N) is 1. The number of ether oxygens (including phenoxy) is 1. The number of morpholine rings is 1. The molecule has 0 amide bonds. The van der Waals surface area contributed by atoms with Crippen LogP contribution in [0.3, 0.4) is 0 Å². The zero-order valence-electron chi connectivity index (χ0n) is 17.6. The van der Waals surface area contributed by atoms with Crippen LogP contribution in [0, 0.1) is 6.92 Å². The molecule has 0 saturated carbocycles. The van der Waals surface area contributed by atoms with Crippen molar-refractivity contribution in [1.29, 1.82) is 0 Å². The van der Waals surface area contributed by atoms with Crippen molar-refractivity contribution >= 4 is 18.2 Å². The molecule has 0 radical (unpaired) electrons. The number of anilines is 1. The zero-order valence-corrected chi connectivity index (χ0v) is 18.5. The van der Waals surface area contributed by atoms with Crippen LogP contribution in [-0.4, -0.2) is 57.2 Å². The third-order valence-corrected chi connectivity index (χ3v) is 5.20. The molecule has 170 valence electrons. The highest BCUT2D eigenvalue weighted by atomic mass is 35.5. The summed E-state index contributed by atoms with van der Waals surface area (Å²) < 4.78 is 20.7. The summed E-state index contributed by atoms with van der Waals surface area (Å²) in [6.45, 7) is 4.97. The molecule has 3 aromatic rings. The Balaban J connectivity index is 0.00000289. The van der Waals surface area contributed by atoms with Gasteiger partial charge in [-0.2, -0.15) is 5.10 Å². The number of aryl methyl sites for hydroxylation is 1. The van der Waals surface area contributed by atoms with Gasteiger partial charge < -0.3 is 15.4 Å². The first kappa shape index (κ1) is 23.6. The van der Waals surface area contributed by atoms with Crippen LogP contribution in [-0.2, 0) is 11.3 Å². The topological polar surface area (TPSA) is 104 Å². The first-order valence-corrected chi connectivity index (χ1v) is 9.99. The van der Waals surface area contributed by atoms with Gasteiger partial charge >= 0.3 is 5.69 Å². The molecular weight excluding hydrogens is 437 g/mol. The fourth-order valence-electron chi connectivity index (χ4n) is 3.44. The molecule has 11 heteroatoms. The molecule has 32 heavy (non-hydrogen) atoms. The van der Waals surface area contributed by atoms with E-state index >= 15 is 0 Å². The maximum atomic E-state index is 12.8. The highest BCUT2D eigenvalue weighted by molar-refractivity contribution is 5.85. The highest BCUT2D eigenvalue weighted by Crippen LogP contribution is 2.23. The van der Waals surface area contributed by atoms with Crippen LogP contribution in [0.2, 0.25) is 0 Å². The van der Waals surface area contributed by atoms with Crippen molar-refractivity contribution in [3.8, 4) is 16.9 Å². The number of rotatable bonds is 6. The van der Waals surface area contributed by atoms with E-state index in [-0.39, 0.29) is 31.1 Å². The van der Waals surface area contributed by atoms with Gasteiger partial charge in [0.25, 0.3) is 0 Å². The van der Waals surface area contributed by atoms with E-state index in [4.69, 9.17) is 10.5 Å². The Morgan fingerprint density at radius 1 is 1.22 bits per heavy atom. The van der Waals surface area contributed by atoms with Gasteiger partial charge in [0.05, 0.1) is 26.1 Å². The normalized spacial score (nSPS) is 14.3. The Bertz CT molecular complexity index is 1140. The summed E-state index contributed by atoms with van der Waals surface area (Å²) in [5.74, 6) is 1.39. The van der Waals surface area contributed by atoms with Gasteiger partial charge in [-0.25, -0.2) is 28.4 Å². The summed E-state index contributed by atoms with van der Waals surface area (Å²) in [5.41, 5.74) is 7.96. The average Bonchev–Trinajstić information content (AvgIpc) is 3.17. The fraction of sp³-hybridized carbons (Fsp3) is 0.333. The molecule has 4 heterocycles. The Labute approximate surface area is 190 Å². The van der Waals surface area contributed by atoms with Crippen LogP contribution in [0.15, 0.2) is 53.6 Å². The lowest BCUT2D eigenvalue weighted by Gasteiger charge is -2.27. The van der Waals surface area contributed by atoms with Crippen LogP contribution in [0.4, 0.5) is 10.2 Å². The van der Waals surface area contributed by atoms with Crippen LogP contribution >= 0.6 is 12.4 Å². The van der Waals surface area contributed by atoms with Gasteiger partial charge in [-0.3, -0.25) is 0 Å². The molecule has 3 aromatic heterocycles. The van der Waals surface area contributed by atoms with E-state index < -0.39 is 5.69 Å². The van der Waals surface area contributed by atoms with Crippen molar-refractivity contribution in [3.63, 3.8) is 0 Å². The van der Waals surface area contributed by atoms with Crippen LogP contribution < -0.4 is 16.3 Å². The third kappa shape index (κ3) is 4.87. The lowest BCUT2D eigenvalue weighted by Crippen LogP contribution is -2.36. The molecule has 0 spiro atoms. The molecule has 1 aliphatic rings. The zero-order chi connectivity index (χ0) is 21.8. The fourth-order valence-corrected chi connectivity index (χ4v) is 3.44. The molecule has 0 aromatic carbocycles. The van der Waals surface area contributed by atoms with E-state index in [0.29, 0.717) is 25.4 Å². The molecule has 9 nitrogen and oxygen atoms in total. The number of pyridine rings is 2. The van der Waals surface area contributed by atoms with Gasteiger partial charge in [0, 0.05) is 43.2 Å². The van der Waals surface area contributed by atoms with Crippen molar-refractivity contribution in [2.24, 2.45) is 5.73 Å². The van der Waals surface area contributed by atoms with Gasteiger partial charge in [0.2, 0.25) is 0 Å². The Kier molecular flexibility index (Phi) is 7.73. The smallest absolute Gasteiger partial charge is 0.351 e. The minimum atomic E-state index is -0.410.